The summed E-state index contributed by atoms with van der Waals surface area (Å²) < 4.78 is 0. The van der Waals surface area contributed by atoms with E-state index < -0.39 is 11.4 Å². The Morgan fingerprint density at radius 2 is 1.86 bits per heavy atom. The Hall–Kier alpha value is -1.58. The van der Waals surface area contributed by atoms with Crippen molar-refractivity contribution >= 4 is 5.97 Å². The van der Waals surface area contributed by atoms with Gasteiger partial charge in [0.15, 0.2) is 0 Å². The minimum Gasteiger partial charge on any atom is -0.481 e. The lowest BCUT2D eigenvalue weighted by molar-refractivity contribution is -0.171. The second-order valence-electron chi connectivity index (χ2n) is 14.5. The van der Waals surface area contributed by atoms with Gasteiger partial charge in [0.1, 0.15) is 0 Å². The van der Waals surface area contributed by atoms with E-state index in [1.54, 1.807) is 0 Å². The molecule has 1 aromatic heterocycles. The van der Waals surface area contributed by atoms with Gasteiger partial charge in [0.25, 0.3) is 0 Å². The average Bonchev–Trinajstić information content (AvgIpc) is 3.23. The fourth-order valence-electron chi connectivity index (χ4n) is 10.5. The van der Waals surface area contributed by atoms with Crippen LogP contribution < -0.4 is 0 Å². The van der Waals surface area contributed by atoms with Crippen LogP contribution in [0, 0.1) is 45.3 Å². The summed E-state index contributed by atoms with van der Waals surface area (Å²) in [7, 11) is 0. The molecule has 0 spiro atoms. The number of carboxylic acid groups (broad SMARTS) is 1. The zero-order chi connectivity index (χ0) is 25.6. The molecule has 0 aliphatic heterocycles. The molecule has 4 nitrogen and oxygen atoms in total. The van der Waals surface area contributed by atoms with Crippen LogP contribution in [0.25, 0.3) is 0 Å². The summed E-state index contributed by atoms with van der Waals surface area (Å²) in [5.41, 5.74) is 4.23. The van der Waals surface area contributed by atoms with Crippen LogP contribution in [-0.4, -0.2) is 21.3 Å². The molecule has 1 aromatic rings. The Bertz CT molecular complexity index is 1050. The lowest BCUT2D eigenvalue weighted by Gasteiger charge is -2.70. The second kappa shape index (κ2) is 7.71. The Labute approximate surface area is 212 Å². The van der Waals surface area contributed by atoms with Crippen LogP contribution in [-0.2, 0) is 16.6 Å². The van der Waals surface area contributed by atoms with Crippen LogP contribution in [0.1, 0.15) is 112 Å². The number of nitrogens with zero attached hydrogens (tertiary/aromatic N) is 1. The molecule has 7 unspecified atom stereocenters. The summed E-state index contributed by atoms with van der Waals surface area (Å²) in [6, 6.07) is 0. The lowest BCUT2D eigenvalue weighted by Crippen LogP contribution is -2.64. The highest BCUT2D eigenvalue weighted by Gasteiger charge is 2.68. The minimum atomic E-state index is -0.613. The molecule has 4 aliphatic carbocycles. The quantitative estimate of drug-likeness (QED) is 0.437. The van der Waals surface area contributed by atoms with Gasteiger partial charge in [-0.3, -0.25) is 9.89 Å². The van der Waals surface area contributed by atoms with Crippen LogP contribution >= 0.6 is 0 Å². The molecule has 4 aliphatic rings. The van der Waals surface area contributed by atoms with Gasteiger partial charge in [-0.05, 0) is 96.8 Å². The van der Waals surface area contributed by atoms with E-state index in [0.29, 0.717) is 17.8 Å². The monoisotopic (exact) mass is 480 g/mol. The fourth-order valence-corrected chi connectivity index (χ4v) is 10.5. The summed E-state index contributed by atoms with van der Waals surface area (Å²) in [6.45, 7) is 19.2. The smallest absolute Gasteiger partial charge is 0.310 e. The maximum Gasteiger partial charge on any atom is 0.310 e. The van der Waals surface area contributed by atoms with E-state index in [2.05, 4.69) is 77.9 Å². The zero-order valence-corrected chi connectivity index (χ0v) is 23.4. The average molecular weight is 481 g/mol. The van der Waals surface area contributed by atoms with Crippen LogP contribution in [0.15, 0.2) is 17.8 Å². The highest BCUT2D eigenvalue weighted by atomic mass is 16.4. The van der Waals surface area contributed by atoms with E-state index in [9.17, 15) is 9.90 Å². The summed E-state index contributed by atoms with van der Waals surface area (Å²) in [5.74, 6) is 1.30. The topological polar surface area (TPSA) is 66.0 Å². The highest BCUT2D eigenvalue weighted by molar-refractivity contribution is 5.76. The van der Waals surface area contributed by atoms with Crippen molar-refractivity contribution in [2.75, 3.05) is 0 Å². The molecule has 1 heterocycles. The lowest BCUT2D eigenvalue weighted by atomic mass is 9.34. The van der Waals surface area contributed by atoms with Crippen molar-refractivity contribution in [2.45, 2.75) is 112 Å². The molecule has 0 amide bonds. The van der Waals surface area contributed by atoms with Crippen molar-refractivity contribution < 1.29 is 9.90 Å². The van der Waals surface area contributed by atoms with E-state index >= 15 is 0 Å². The predicted molar refractivity (Wildman–Crippen MR) is 141 cm³/mol. The molecule has 35 heavy (non-hydrogen) atoms. The number of hydrogen-bond acceptors (Lipinski definition) is 2. The number of carboxylic acids is 1. The van der Waals surface area contributed by atoms with Gasteiger partial charge in [0.05, 0.1) is 11.6 Å². The molecule has 2 saturated carbocycles. The highest BCUT2D eigenvalue weighted by Crippen LogP contribution is 2.74. The number of aliphatic carboxylic acids is 1. The number of nitrogens with one attached hydrogen (secondary N) is 1. The van der Waals surface area contributed by atoms with Crippen LogP contribution in [0.4, 0.5) is 0 Å². The third-order valence-electron chi connectivity index (χ3n) is 12.5. The van der Waals surface area contributed by atoms with Gasteiger partial charge in [-0.25, -0.2) is 0 Å². The van der Waals surface area contributed by atoms with Crippen molar-refractivity contribution in [3.8, 4) is 0 Å². The number of aromatic amines is 1. The van der Waals surface area contributed by atoms with Crippen LogP contribution in [0.3, 0.4) is 0 Å². The van der Waals surface area contributed by atoms with Crippen molar-refractivity contribution in [3.63, 3.8) is 0 Å². The minimum absolute atomic E-state index is 0.0678. The molecular formula is C31H48N2O2. The van der Waals surface area contributed by atoms with Gasteiger partial charge < -0.3 is 5.11 Å². The standard InChI is InChI=1S/C31H48N2O2/c1-9-31(26(34)35)15-14-29(7)21(22(31)16-19(2)3)10-11-24-28(6)17-20-18-32-33-25(20)27(4,5)23(28)12-13-30(24,29)8/h10,18-19,22-24H,9,11-17H2,1-8H3,(H,32,33)(H,34,35). The largest absolute Gasteiger partial charge is 0.481 e. The number of H-pyrrole nitrogens is 1. The third-order valence-corrected chi connectivity index (χ3v) is 12.5. The SMILES string of the molecule is CCC1(C(=O)O)CCC2(C)C(=CCC3C4(C)Cc5cn[nH]c5C(C)(C)C4CCC32C)C1CC(C)C. The van der Waals surface area contributed by atoms with Gasteiger partial charge in [-0.1, -0.05) is 67.0 Å². The molecule has 0 bridgehead atoms. The van der Waals surface area contributed by atoms with Gasteiger partial charge in [0.2, 0.25) is 0 Å². The molecule has 0 saturated heterocycles. The van der Waals surface area contributed by atoms with Crippen LogP contribution in [0.2, 0.25) is 0 Å². The molecule has 0 aromatic carbocycles. The van der Waals surface area contributed by atoms with E-state index in [0.717, 1.165) is 38.5 Å². The molecule has 4 heteroatoms. The molecule has 194 valence electrons. The van der Waals surface area contributed by atoms with E-state index in [-0.39, 0.29) is 27.6 Å². The summed E-state index contributed by atoms with van der Waals surface area (Å²) in [5, 5.41) is 18.4. The van der Waals surface area contributed by atoms with E-state index in [1.165, 1.54) is 29.7 Å². The number of aromatic nitrogens is 2. The first-order chi connectivity index (χ1) is 16.3. The van der Waals surface area contributed by atoms with Gasteiger partial charge >= 0.3 is 5.97 Å². The maximum atomic E-state index is 12.8. The number of carbonyl (C=O) groups is 1. The summed E-state index contributed by atoms with van der Waals surface area (Å²) in [4.78, 5) is 12.8. The van der Waals surface area contributed by atoms with Gasteiger partial charge in [0, 0.05) is 11.1 Å². The van der Waals surface area contributed by atoms with E-state index in [1.807, 2.05) is 0 Å². The molecular weight excluding hydrogens is 432 g/mol. The first-order valence-corrected chi connectivity index (χ1v) is 14.2. The maximum absolute atomic E-state index is 12.8. The second-order valence-corrected chi connectivity index (χ2v) is 14.5. The van der Waals surface area contributed by atoms with Crippen molar-refractivity contribution in [3.05, 3.63) is 29.1 Å². The Kier molecular flexibility index (Phi) is 5.53. The van der Waals surface area contributed by atoms with Crippen LogP contribution in [0.5, 0.6) is 0 Å². The molecule has 5 rings (SSSR count). The van der Waals surface area contributed by atoms with Crippen molar-refractivity contribution in [2.24, 2.45) is 45.3 Å². The Balaban J connectivity index is 1.63. The summed E-state index contributed by atoms with van der Waals surface area (Å²) >= 11 is 0. The Morgan fingerprint density at radius 3 is 2.49 bits per heavy atom. The first kappa shape index (κ1) is 25.1. The Morgan fingerprint density at radius 1 is 1.14 bits per heavy atom. The van der Waals surface area contributed by atoms with Crippen molar-refractivity contribution in [1.82, 2.24) is 10.2 Å². The number of rotatable bonds is 4. The van der Waals surface area contributed by atoms with E-state index in [4.69, 9.17) is 0 Å². The summed E-state index contributed by atoms with van der Waals surface area (Å²) in [6.07, 6.45) is 12.8. The molecule has 0 radical (unpaired) electrons. The van der Waals surface area contributed by atoms with Crippen molar-refractivity contribution in [1.29, 1.82) is 0 Å². The normalized spacial score (nSPS) is 44.0. The predicted octanol–water partition coefficient (Wildman–Crippen LogP) is 7.56. The molecule has 2 N–H and O–H groups in total. The molecule has 2 fully saturated rings. The number of fused-ring (bicyclic) bond motifs is 6. The molecule has 7 atom stereocenters. The van der Waals surface area contributed by atoms with Gasteiger partial charge in [-0.15, -0.1) is 0 Å². The zero-order valence-electron chi connectivity index (χ0n) is 23.4. The fraction of sp³-hybridized carbons (Fsp3) is 0.806. The van der Waals surface area contributed by atoms with Gasteiger partial charge in [-0.2, -0.15) is 5.10 Å². The number of allylic oxidation sites excluding steroid dienone is 2. The first-order valence-electron chi connectivity index (χ1n) is 14.2. The number of hydrogen-bond donors (Lipinski definition) is 2. The third kappa shape index (κ3) is 3.04.